The van der Waals surface area contributed by atoms with Gasteiger partial charge in [-0.2, -0.15) is 0 Å². The van der Waals surface area contributed by atoms with Crippen molar-refractivity contribution in [2.45, 2.75) is 70.9 Å². The van der Waals surface area contributed by atoms with Crippen LogP contribution in [-0.2, 0) is 6.42 Å². The van der Waals surface area contributed by atoms with Gasteiger partial charge >= 0.3 is 0 Å². The molecule has 3 heteroatoms. The maximum Gasteiger partial charge on any atom is 0.148 e. The lowest BCUT2D eigenvalue weighted by molar-refractivity contribution is -0.112. The van der Waals surface area contributed by atoms with Gasteiger partial charge in [0, 0.05) is 12.6 Å². The van der Waals surface area contributed by atoms with Crippen LogP contribution >= 0.6 is 0 Å². The Morgan fingerprint density at radius 2 is 1.79 bits per heavy atom. The molecule has 2 aromatic carbocycles. The molecule has 0 radical (unpaired) electrons. The van der Waals surface area contributed by atoms with Gasteiger partial charge in [0.1, 0.15) is 17.6 Å². The fraction of sp³-hybridized carbons (Fsp3) is 0.520. The highest BCUT2D eigenvalue weighted by molar-refractivity contribution is 5.42. The van der Waals surface area contributed by atoms with Crippen LogP contribution in [-0.4, -0.2) is 17.6 Å². The summed E-state index contributed by atoms with van der Waals surface area (Å²) in [5.74, 6) is 2.54. The van der Waals surface area contributed by atoms with E-state index in [1.165, 1.54) is 43.2 Å². The first-order chi connectivity index (χ1) is 13.7. The minimum Gasteiger partial charge on any atom is -0.485 e. The van der Waals surface area contributed by atoms with Gasteiger partial charge < -0.3 is 9.57 Å². The Hall–Kier alpha value is -2.00. The number of hydrogen-bond acceptors (Lipinski definition) is 3. The molecular formula is C25H33NO2. The minimum absolute atomic E-state index is 0.153. The predicted octanol–water partition coefficient (Wildman–Crippen LogP) is 6.34. The summed E-state index contributed by atoms with van der Waals surface area (Å²) in [7, 11) is 0. The van der Waals surface area contributed by atoms with Gasteiger partial charge in [-0.1, -0.05) is 63.4 Å². The van der Waals surface area contributed by atoms with Gasteiger partial charge in [0.15, 0.2) is 0 Å². The van der Waals surface area contributed by atoms with E-state index in [-0.39, 0.29) is 6.10 Å². The van der Waals surface area contributed by atoms with Gasteiger partial charge in [0.2, 0.25) is 0 Å². The molecule has 2 aliphatic rings. The average Bonchev–Trinajstić information content (AvgIpc) is 2.74. The molecule has 4 rings (SSSR count). The third kappa shape index (κ3) is 4.70. The average molecular weight is 380 g/mol. The smallest absolute Gasteiger partial charge is 0.148 e. The van der Waals surface area contributed by atoms with Crippen LogP contribution in [0.15, 0.2) is 48.5 Å². The second-order valence-electron chi connectivity index (χ2n) is 8.70. The molecule has 1 atom stereocenters. The van der Waals surface area contributed by atoms with Crippen molar-refractivity contribution in [2.24, 2.45) is 5.92 Å². The highest BCUT2D eigenvalue weighted by Crippen LogP contribution is 2.37. The van der Waals surface area contributed by atoms with E-state index >= 15 is 0 Å². The molecule has 0 bridgehead atoms. The van der Waals surface area contributed by atoms with Crippen LogP contribution in [0.4, 0.5) is 0 Å². The van der Waals surface area contributed by atoms with Crippen molar-refractivity contribution in [1.82, 2.24) is 5.06 Å². The molecule has 2 aromatic rings. The largest absolute Gasteiger partial charge is 0.485 e. The monoisotopic (exact) mass is 379 g/mol. The summed E-state index contributed by atoms with van der Waals surface area (Å²) >= 11 is 0. The van der Waals surface area contributed by atoms with Crippen LogP contribution in [0.3, 0.4) is 0 Å². The Labute approximate surface area is 169 Å². The molecule has 0 amide bonds. The Balaban J connectivity index is 1.46. The quantitative estimate of drug-likeness (QED) is 0.547. The second kappa shape index (κ2) is 9.00. The number of aryl methyl sites for hydroxylation is 1. The lowest BCUT2D eigenvalue weighted by atomic mass is 9.95. The third-order valence-corrected chi connectivity index (χ3v) is 5.90. The van der Waals surface area contributed by atoms with Crippen molar-refractivity contribution >= 4 is 0 Å². The van der Waals surface area contributed by atoms with Crippen molar-refractivity contribution in [2.75, 3.05) is 6.54 Å². The van der Waals surface area contributed by atoms with Gasteiger partial charge in [0.05, 0.1) is 0 Å². The number of benzene rings is 2. The summed E-state index contributed by atoms with van der Waals surface area (Å²) in [5.41, 5.74) is 2.52. The number of rotatable bonds is 6. The van der Waals surface area contributed by atoms with Crippen LogP contribution in [0.5, 0.6) is 11.5 Å². The molecular weight excluding hydrogens is 346 g/mol. The Morgan fingerprint density at radius 3 is 2.54 bits per heavy atom. The molecule has 28 heavy (non-hydrogen) atoms. The van der Waals surface area contributed by atoms with Gasteiger partial charge in [-0.15, -0.1) is 5.06 Å². The van der Waals surface area contributed by atoms with Crippen LogP contribution in [0.25, 0.3) is 0 Å². The fourth-order valence-corrected chi connectivity index (χ4v) is 4.45. The van der Waals surface area contributed by atoms with Gasteiger partial charge in [-0.3, -0.25) is 0 Å². The molecule has 1 unspecified atom stereocenters. The van der Waals surface area contributed by atoms with Gasteiger partial charge in [-0.05, 0) is 60.9 Å². The zero-order chi connectivity index (χ0) is 19.3. The van der Waals surface area contributed by atoms with E-state index in [0.29, 0.717) is 12.0 Å². The zero-order valence-corrected chi connectivity index (χ0v) is 17.3. The van der Waals surface area contributed by atoms with Crippen molar-refractivity contribution in [3.8, 4) is 11.5 Å². The summed E-state index contributed by atoms with van der Waals surface area (Å²) in [6, 6.07) is 17.4. The SMILES string of the molecule is CC(C)CN(Oc1ccc2c(c1)CCC(c1ccccc1)O2)C1CCCCC1. The van der Waals surface area contributed by atoms with Crippen molar-refractivity contribution in [3.05, 3.63) is 59.7 Å². The molecule has 1 fully saturated rings. The molecule has 150 valence electrons. The molecule has 1 heterocycles. The van der Waals surface area contributed by atoms with Gasteiger partial charge in [0.25, 0.3) is 0 Å². The van der Waals surface area contributed by atoms with E-state index in [2.05, 4.69) is 67.4 Å². The number of fused-ring (bicyclic) bond motifs is 1. The predicted molar refractivity (Wildman–Crippen MR) is 114 cm³/mol. The van der Waals surface area contributed by atoms with Crippen LogP contribution in [0, 0.1) is 5.92 Å². The van der Waals surface area contributed by atoms with Crippen LogP contribution in [0.2, 0.25) is 0 Å². The molecule has 0 saturated heterocycles. The van der Waals surface area contributed by atoms with E-state index in [0.717, 1.165) is 30.9 Å². The Kier molecular flexibility index (Phi) is 6.21. The van der Waals surface area contributed by atoms with Crippen molar-refractivity contribution < 1.29 is 9.57 Å². The number of hydrogen-bond donors (Lipinski definition) is 0. The lowest BCUT2D eigenvalue weighted by Crippen LogP contribution is -2.41. The molecule has 0 aromatic heterocycles. The van der Waals surface area contributed by atoms with Crippen molar-refractivity contribution in [1.29, 1.82) is 0 Å². The Bertz CT molecular complexity index is 752. The first-order valence-corrected chi connectivity index (χ1v) is 11.0. The van der Waals surface area contributed by atoms with Crippen LogP contribution < -0.4 is 9.57 Å². The summed E-state index contributed by atoms with van der Waals surface area (Å²) in [6.07, 6.45) is 8.70. The highest BCUT2D eigenvalue weighted by Gasteiger charge is 2.25. The fourth-order valence-electron chi connectivity index (χ4n) is 4.45. The second-order valence-corrected chi connectivity index (χ2v) is 8.70. The summed E-state index contributed by atoms with van der Waals surface area (Å²) in [6.45, 7) is 5.52. The van der Waals surface area contributed by atoms with Gasteiger partial charge in [-0.25, -0.2) is 0 Å². The molecule has 0 N–H and O–H groups in total. The van der Waals surface area contributed by atoms with E-state index in [9.17, 15) is 0 Å². The first kappa shape index (κ1) is 19.3. The summed E-state index contributed by atoms with van der Waals surface area (Å²) in [5, 5.41) is 2.25. The maximum atomic E-state index is 6.42. The first-order valence-electron chi connectivity index (χ1n) is 11.0. The summed E-state index contributed by atoms with van der Waals surface area (Å²) < 4.78 is 6.29. The number of ether oxygens (including phenoxy) is 1. The van der Waals surface area contributed by atoms with E-state index in [4.69, 9.17) is 9.57 Å². The van der Waals surface area contributed by atoms with Crippen molar-refractivity contribution in [3.63, 3.8) is 0 Å². The summed E-state index contributed by atoms with van der Waals surface area (Å²) in [4.78, 5) is 6.42. The molecule has 1 aliphatic heterocycles. The molecule has 1 aliphatic carbocycles. The van der Waals surface area contributed by atoms with E-state index < -0.39 is 0 Å². The topological polar surface area (TPSA) is 21.7 Å². The molecule has 3 nitrogen and oxygen atoms in total. The minimum atomic E-state index is 0.153. The molecule has 1 saturated carbocycles. The zero-order valence-electron chi connectivity index (χ0n) is 17.3. The normalized spacial score (nSPS) is 20.1. The number of hydroxylamine groups is 2. The standard InChI is InChI=1S/C25H33NO2/c1-19(2)18-26(22-11-7-4-8-12-22)28-23-14-16-25-21(17-23)13-15-24(27-25)20-9-5-3-6-10-20/h3,5-6,9-10,14,16-17,19,22,24H,4,7-8,11-13,15,18H2,1-2H3. The maximum absolute atomic E-state index is 6.42. The number of nitrogens with zero attached hydrogens (tertiary/aromatic N) is 1. The van der Waals surface area contributed by atoms with E-state index in [1.54, 1.807) is 0 Å². The molecule has 0 spiro atoms. The lowest BCUT2D eigenvalue weighted by Gasteiger charge is -2.35. The van der Waals surface area contributed by atoms with Crippen LogP contribution in [0.1, 0.15) is 69.6 Å². The van der Waals surface area contributed by atoms with E-state index in [1.807, 2.05) is 0 Å². The third-order valence-electron chi connectivity index (χ3n) is 5.90. The Morgan fingerprint density at radius 1 is 1.00 bits per heavy atom. The highest BCUT2D eigenvalue weighted by atomic mass is 16.7.